The summed E-state index contributed by atoms with van der Waals surface area (Å²) in [5, 5.41) is 3.17. The normalized spacial score (nSPS) is 19.1. The Bertz CT molecular complexity index is 1140. The molecule has 1 amide bonds. The van der Waals surface area contributed by atoms with Crippen LogP contribution in [0.2, 0.25) is 0 Å². The van der Waals surface area contributed by atoms with Gasteiger partial charge in [-0.15, -0.1) is 0 Å². The Labute approximate surface area is 200 Å². The molecule has 5 rings (SSSR count). The monoisotopic (exact) mass is 458 g/mol. The van der Waals surface area contributed by atoms with Crippen molar-refractivity contribution in [2.75, 3.05) is 43.7 Å². The van der Waals surface area contributed by atoms with Gasteiger partial charge in [-0.05, 0) is 60.0 Å². The summed E-state index contributed by atoms with van der Waals surface area (Å²) in [6.07, 6.45) is 4.21. The minimum absolute atomic E-state index is 0.0629. The minimum atomic E-state index is -0.149. The second-order valence-electron chi connectivity index (χ2n) is 8.78. The number of hydrogen-bond donors (Lipinski definition) is 1. The molecule has 3 aromatic rings. The van der Waals surface area contributed by atoms with E-state index in [-0.39, 0.29) is 17.9 Å². The number of benzene rings is 2. The zero-order valence-corrected chi connectivity index (χ0v) is 19.6. The Kier molecular flexibility index (Phi) is 6.25. The lowest BCUT2D eigenvalue weighted by Crippen LogP contribution is -2.61. The van der Waals surface area contributed by atoms with Crippen LogP contribution in [0, 0.1) is 5.92 Å². The SMILES string of the molecule is COc1ccc(N2CCN3c4cc(OC)ccc4C[C@@H](C(=O)NCc4ccncc4)[C@@H]3C2)cc1. The van der Waals surface area contributed by atoms with Gasteiger partial charge in [0.1, 0.15) is 11.5 Å². The van der Waals surface area contributed by atoms with Crippen molar-refractivity contribution in [1.82, 2.24) is 10.3 Å². The maximum absolute atomic E-state index is 13.5. The lowest BCUT2D eigenvalue weighted by molar-refractivity contribution is -0.126. The summed E-state index contributed by atoms with van der Waals surface area (Å²) in [6, 6.07) is 18.3. The van der Waals surface area contributed by atoms with Gasteiger partial charge in [0.15, 0.2) is 0 Å². The third-order valence-electron chi connectivity index (χ3n) is 6.92. The molecule has 2 aromatic carbocycles. The maximum Gasteiger partial charge on any atom is 0.225 e. The van der Waals surface area contributed by atoms with Gasteiger partial charge in [-0.25, -0.2) is 0 Å². The molecule has 1 N–H and O–H groups in total. The average Bonchev–Trinajstić information content (AvgIpc) is 2.91. The standard InChI is InChI=1S/C27H30N4O3/c1-33-22-7-4-21(5-8-22)30-13-14-31-25-16-23(34-2)6-3-20(25)15-24(26(31)18-30)27(32)29-17-19-9-11-28-12-10-19/h3-12,16,24,26H,13-15,17-18H2,1-2H3,(H,29,32)/t24-,26+/m1/s1. The second-order valence-corrected chi connectivity index (χ2v) is 8.78. The van der Waals surface area contributed by atoms with E-state index in [0.717, 1.165) is 42.4 Å². The van der Waals surface area contributed by atoms with Crippen LogP contribution in [0.3, 0.4) is 0 Å². The largest absolute Gasteiger partial charge is 0.497 e. The molecule has 2 atom stereocenters. The van der Waals surface area contributed by atoms with Gasteiger partial charge in [0, 0.05) is 56.0 Å². The summed E-state index contributed by atoms with van der Waals surface area (Å²) in [6.45, 7) is 2.99. The van der Waals surface area contributed by atoms with Crippen molar-refractivity contribution in [3.63, 3.8) is 0 Å². The van der Waals surface area contributed by atoms with Crippen molar-refractivity contribution in [2.45, 2.75) is 19.0 Å². The number of fused-ring (bicyclic) bond motifs is 3. The molecule has 0 radical (unpaired) electrons. The van der Waals surface area contributed by atoms with Crippen molar-refractivity contribution < 1.29 is 14.3 Å². The summed E-state index contributed by atoms with van der Waals surface area (Å²) >= 11 is 0. The van der Waals surface area contributed by atoms with E-state index in [4.69, 9.17) is 9.47 Å². The van der Waals surface area contributed by atoms with Crippen LogP contribution in [0.25, 0.3) is 0 Å². The predicted molar refractivity (Wildman–Crippen MR) is 133 cm³/mol. The van der Waals surface area contributed by atoms with E-state index in [0.29, 0.717) is 13.0 Å². The molecule has 176 valence electrons. The summed E-state index contributed by atoms with van der Waals surface area (Å²) < 4.78 is 10.8. The summed E-state index contributed by atoms with van der Waals surface area (Å²) in [7, 11) is 3.37. The number of amides is 1. The third-order valence-corrected chi connectivity index (χ3v) is 6.92. The molecule has 1 saturated heterocycles. The Balaban J connectivity index is 1.41. The zero-order valence-electron chi connectivity index (χ0n) is 19.6. The first-order valence-electron chi connectivity index (χ1n) is 11.7. The van der Waals surface area contributed by atoms with Gasteiger partial charge in [-0.1, -0.05) is 6.07 Å². The highest BCUT2D eigenvalue weighted by Gasteiger charge is 2.41. The van der Waals surface area contributed by atoms with E-state index in [2.05, 4.69) is 44.4 Å². The zero-order chi connectivity index (χ0) is 23.5. The van der Waals surface area contributed by atoms with E-state index in [1.165, 1.54) is 11.3 Å². The lowest BCUT2D eigenvalue weighted by Gasteiger charge is -2.49. The summed E-state index contributed by atoms with van der Waals surface area (Å²) in [4.78, 5) is 22.3. The molecule has 7 nitrogen and oxygen atoms in total. The van der Waals surface area contributed by atoms with Crippen LogP contribution < -0.4 is 24.6 Å². The van der Waals surface area contributed by atoms with Crippen molar-refractivity contribution >= 4 is 17.3 Å². The molecule has 3 heterocycles. The van der Waals surface area contributed by atoms with Gasteiger partial charge < -0.3 is 24.6 Å². The first-order chi connectivity index (χ1) is 16.7. The summed E-state index contributed by atoms with van der Waals surface area (Å²) in [5.41, 5.74) is 4.56. The van der Waals surface area contributed by atoms with Gasteiger partial charge in [0.25, 0.3) is 0 Å². The Morgan fingerprint density at radius 1 is 1.00 bits per heavy atom. The molecule has 2 aliphatic heterocycles. The van der Waals surface area contributed by atoms with Crippen LogP contribution in [0.4, 0.5) is 11.4 Å². The number of carbonyl (C=O) groups is 1. The Hall–Kier alpha value is -3.74. The highest BCUT2D eigenvalue weighted by atomic mass is 16.5. The quantitative estimate of drug-likeness (QED) is 0.612. The number of rotatable bonds is 6. The maximum atomic E-state index is 13.5. The van der Waals surface area contributed by atoms with Gasteiger partial charge in [-0.2, -0.15) is 0 Å². The fraction of sp³-hybridized carbons (Fsp3) is 0.333. The summed E-state index contributed by atoms with van der Waals surface area (Å²) in [5.74, 6) is 1.62. The average molecular weight is 459 g/mol. The lowest BCUT2D eigenvalue weighted by atomic mass is 9.83. The van der Waals surface area contributed by atoms with Crippen LogP contribution in [0.1, 0.15) is 11.1 Å². The highest BCUT2D eigenvalue weighted by molar-refractivity contribution is 5.82. The van der Waals surface area contributed by atoms with Crippen molar-refractivity contribution in [3.05, 3.63) is 78.1 Å². The number of anilines is 2. The molecule has 7 heteroatoms. The molecular weight excluding hydrogens is 428 g/mol. The topological polar surface area (TPSA) is 66.9 Å². The number of methoxy groups -OCH3 is 2. The van der Waals surface area contributed by atoms with Gasteiger partial charge in [-0.3, -0.25) is 9.78 Å². The second kappa shape index (κ2) is 9.63. The predicted octanol–water partition coefficient (Wildman–Crippen LogP) is 3.28. The van der Waals surface area contributed by atoms with E-state index in [1.54, 1.807) is 26.6 Å². The van der Waals surface area contributed by atoms with Crippen LogP contribution in [0.15, 0.2) is 67.0 Å². The minimum Gasteiger partial charge on any atom is -0.497 e. The molecule has 0 unspecified atom stereocenters. The molecule has 0 aliphatic carbocycles. The molecule has 0 spiro atoms. The third kappa shape index (κ3) is 4.38. The van der Waals surface area contributed by atoms with Crippen molar-refractivity contribution in [2.24, 2.45) is 5.92 Å². The number of nitrogens with zero attached hydrogens (tertiary/aromatic N) is 3. The van der Waals surface area contributed by atoms with Gasteiger partial charge in [0.05, 0.1) is 26.2 Å². The van der Waals surface area contributed by atoms with Crippen LogP contribution in [0.5, 0.6) is 11.5 Å². The van der Waals surface area contributed by atoms with Crippen LogP contribution in [-0.2, 0) is 17.8 Å². The molecular formula is C27H30N4O3. The van der Waals surface area contributed by atoms with Gasteiger partial charge >= 0.3 is 0 Å². The number of aromatic nitrogens is 1. The van der Waals surface area contributed by atoms with E-state index >= 15 is 0 Å². The number of pyridine rings is 1. The number of hydrogen-bond acceptors (Lipinski definition) is 6. The molecule has 34 heavy (non-hydrogen) atoms. The number of ether oxygens (including phenoxy) is 2. The highest BCUT2D eigenvalue weighted by Crippen LogP contribution is 2.39. The van der Waals surface area contributed by atoms with E-state index < -0.39 is 0 Å². The number of piperazine rings is 1. The number of nitrogens with one attached hydrogen (secondary N) is 1. The van der Waals surface area contributed by atoms with Crippen LogP contribution in [-0.4, -0.2) is 50.8 Å². The Morgan fingerprint density at radius 2 is 1.74 bits per heavy atom. The van der Waals surface area contributed by atoms with Crippen molar-refractivity contribution in [1.29, 1.82) is 0 Å². The first-order valence-corrected chi connectivity index (χ1v) is 11.7. The number of carbonyl (C=O) groups excluding carboxylic acids is 1. The Morgan fingerprint density at radius 3 is 2.47 bits per heavy atom. The molecule has 0 bridgehead atoms. The molecule has 2 aliphatic rings. The fourth-order valence-electron chi connectivity index (χ4n) is 5.05. The fourth-order valence-corrected chi connectivity index (χ4v) is 5.05. The smallest absolute Gasteiger partial charge is 0.225 e. The molecule has 1 fully saturated rings. The first kappa shape index (κ1) is 22.1. The molecule has 1 aromatic heterocycles. The van der Waals surface area contributed by atoms with Crippen LogP contribution >= 0.6 is 0 Å². The molecule has 0 saturated carbocycles. The van der Waals surface area contributed by atoms with E-state index in [1.807, 2.05) is 30.3 Å². The van der Waals surface area contributed by atoms with E-state index in [9.17, 15) is 4.79 Å². The van der Waals surface area contributed by atoms with Crippen molar-refractivity contribution in [3.8, 4) is 11.5 Å². The van der Waals surface area contributed by atoms with Gasteiger partial charge in [0.2, 0.25) is 5.91 Å².